The zero-order valence-electron chi connectivity index (χ0n) is 12.2. The summed E-state index contributed by atoms with van der Waals surface area (Å²) in [6.45, 7) is 4.03. The summed E-state index contributed by atoms with van der Waals surface area (Å²) in [6.07, 6.45) is 0.753. The van der Waals surface area contributed by atoms with Gasteiger partial charge in [0.25, 0.3) is 10.8 Å². The fourth-order valence-electron chi connectivity index (χ4n) is 2.61. The Kier molecular flexibility index (Phi) is 4.30. The first-order chi connectivity index (χ1) is 9.76. The molecule has 1 amide bonds. The van der Waals surface area contributed by atoms with Gasteiger partial charge in [-0.25, -0.2) is 8.42 Å². The molecular formula is C13H21NO6S. The highest BCUT2D eigenvalue weighted by Crippen LogP contribution is 2.41. The number of carbonyl (C=O) groups excluding carboxylic acids is 1. The highest BCUT2D eigenvalue weighted by molar-refractivity contribution is 7.94. The van der Waals surface area contributed by atoms with E-state index in [0.717, 1.165) is 0 Å². The van der Waals surface area contributed by atoms with Crippen LogP contribution in [0.4, 0.5) is 0 Å². The summed E-state index contributed by atoms with van der Waals surface area (Å²) in [6, 6.07) is -0.149. The van der Waals surface area contributed by atoms with Crippen molar-refractivity contribution in [3.05, 3.63) is 0 Å². The molecule has 1 heterocycles. The van der Waals surface area contributed by atoms with Crippen LogP contribution >= 0.6 is 0 Å². The fourth-order valence-corrected chi connectivity index (χ4v) is 4.84. The second-order valence-corrected chi connectivity index (χ2v) is 8.09. The Labute approximate surface area is 124 Å². The molecule has 1 saturated carbocycles. The minimum atomic E-state index is -3.96. The molecule has 0 bridgehead atoms. The van der Waals surface area contributed by atoms with Gasteiger partial charge < -0.3 is 14.7 Å². The van der Waals surface area contributed by atoms with Gasteiger partial charge in [-0.15, -0.1) is 0 Å². The number of hydrogen-bond donors (Lipinski definition) is 1. The Hall–Kier alpha value is -1.15. The van der Waals surface area contributed by atoms with Crippen molar-refractivity contribution in [2.75, 3.05) is 13.2 Å². The first-order valence-corrected chi connectivity index (χ1v) is 8.71. The average Bonchev–Trinajstić information content (AvgIpc) is 3.24. The second-order valence-electron chi connectivity index (χ2n) is 5.67. The molecule has 1 saturated heterocycles. The van der Waals surface area contributed by atoms with E-state index in [1.807, 2.05) is 13.8 Å². The van der Waals surface area contributed by atoms with Gasteiger partial charge in [0.1, 0.15) is 0 Å². The second kappa shape index (κ2) is 5.57. The van der Waals surface area contributed by atoms with E-state index in [0.29, 0.717) is 19.3 Å². The summed E-state index contributed by atoms with van der Waals surface area (Å²) in [5.74, 6) is -2.07. The lowest BCUT2D eigenvalue weighted by molar-refractivity contribution is -0.167. The van der Waals surface area contributed by atoms with Crippen LogP contribution in [0.15, 0.2) is 0 Å². The fraction of sp³-hybridized carbons (Fsp3) is 0.846. The van der Waals surface area contributed by atoms with Crippen LogP contribution in [-0.2, 0) is 24.2 Å². The van der Waals surface area contributed by atoms with Crippen molar-refractivity contribution >= 4 is 21.7 Å². The van der Waals surface area contributed by atoms with Gasteiger partial charge in [-0.3, -0.25) is 9.59 Å². The van der Waals surface area contributed by atoms with Gasteiger partial charge in [0.15, 0.2) is 9.84 Å². The van der Waals surface area contributed by atoms with Crippen LogP contribution in [0.5, 0.6) is 0 Å². The molecule has 7 nitrogen and oxygen atoms in total. The monoisotopic (exact) mass is 319 g/mol. The Morgan fingerprint density at radius 1 is 1.52 bits per heavy atom. The number of carboxylic acid groups (broad SMARTS) is 1. The molecule has 8 heteroatoms. The number of ether oxygens (including phenoxy) is 1. The van der Waals surface area contributed by atoms with Crippen molar-refractivity contribution in [2.45, 2.75) is 55.8 Å². The standard InChI is InChI=1S/C13H21NO6S/c1-3-9(2)14-6-7-20-13(12(14)17,8-11(15)16)21(18,19)10-4-5-10/h9-10H,3-8H2,1-2H3,(H,15,16). The zero-order valence-corrected chi connectivity index (χ0v) is 13.1. The predicted molar refractivity (Wildman–Crippen MR) is 74.3 cm³/mol. The Morgan fingerprint density at radius 2 is 2.14 bits per heavy atom. The SMILES string of the molecule is CCC(C)N1CCOC(CC(=O)O)(S(=O)(=O)C2CC2)C1=O. The molecule has 1 aliphatic heterocycles. The number of hydrogen-bond acceptors (Lipinski definition) is 5. The summed E-state index contributed by atoms with van der Waals surface area (Å²) >= 11 is 0. The van der Waals surface area contributed by atoms with Gasteiger partial charge in [0.05, 0.1) is 18.3 Å². The molecule has 2 aliphatic rings. The Bertz CT molecular complexity index is 541. The molecule has 0 aromatic rings. The van der Waals surface area contributed by atoms with E-state index in [9.17, 15) is 18.0 Å². The van der Waals surface area contributed by atoms with Crippen LogP contribution in [-0.4, -0.2) is 59.7 Å². The van der Waals surface area contributed by atoms with Crippen molar-refractivity contribution in [1.82, 2.24) is 4.90 Å². The van der Waals surface area contributed by atoms with Crippen LogP contribution in [0.1, 0.15) is 39.5 Å². The number of rotatable bonds is 6. The summed E-state index contributed by atoms with van der Waals surface area (Å²) in [7, 11) is -3.96. The molecule has 0 spiro atoms. The molecule has 0 radical (unpaired) electrons. The summed E-state index contributed by atoms with van der Waals surface area (Å²) in [4.78, 5) is 23.0. The van der Waals surface area contributed by atoms with Crippen LogP contribution in [0, 0.1) is 0 Å². The number of sulfone groups is 1. The first kappa shape index (κ1) is 16.2. The summed E-state index contributed by atoms with van der Waals surface area (Å²) in [5, 5.41) is 8.43. The van der Waals surface area contributed by atoms with Crippen LogP contribution < -0.4 is 0 Å². The number of morpholine rings is 1. The number of nitrogens with zero attached hydrogens (tertiary/aromatic N) is 1. The van der Waals surface area contributed by atoms with Crippen molar-refractivity contribution in [2.24, 2.45) is 0 Å². The van der Waals surface area contributed by atoms with Crippen molar-refractivity contribution in [1.29, 1.82) is 0 Å². The predicted octanol–water partition coefficient (Wildman–Crippen LogP) is 0.392. The van der Waals surface area contributed by atoms with Crippen molar-refractivity contribution < 1.29 is 27.9 Å². The van der Waals surface area contributed by atoms with Crippen molar-refractivity contribution in [3.63, 3.8) is 0 Å². The number of amides is 1. The third-order valence-electron chi connectivity index (χ3n) is 4.18. The lowest BCUT2D eigenvalue weighted by Gasteiger charge is -2.42. The molecule has 1 aliphatic carbocycles. The van der Waals surface area contributed by atoms with E-state index in [2.05, 4.69) is 0 Å². The number of carbonyl (C=O) groups is 2. The Balaban J connectivity index is 2.44. The number of carboxylic acids is 1. The zero-order chi connectivity index (χ0) is 15.8. The quantitative estimate of drug-likeness (QED) is 0.760. The summed E-state index contributed by atoms with van der Waals surface area (Å²) in [5.41, 5.74) is 0. The molecule has 120 valence electrons. The van der Waals surface area contributed by atoms with E-state index < -0.39 is 38.3 Å². The van der Waals surface area contributed by atoms with Gasteiger partial charge in [0.2, 0.25) is 0 Å². The van der Waals surface area contributed by atoms with Gasteiger partial charge in [-0.2, -0.15) is 0 Å². The topological polar surface area (TPSA) is 101 Å². The molecular weight excluding hydrogens is 298 g/mol. The molecule has 21 heavy (non-hydrogen) atoms. The number of aliphatic carboxylic acids is 1. The van der Waals surface area contributed by atoms with Gasteiger partial charge in [-0.05, 0) is 26.2 Å². The maximum Gasteiger partial charge on any atom is 0.307 e. The lowest BCUT2D eigenvalue weighted by Crippen LogP contribution is -2.63. The molecule has 0 aromatic carbocycles. The van der Waals surface area contributed by atoms with Gasteiger partial charge >= 0.3 is 5.97 Å². The minimum absolute atomic E-state index is 0.0370. The lowest BCUT2D eigenvalue weighted by atomic mass is 10.1. The first-order valence-electron chi connectivity index (χ1n) is 7.16. The largest absolute Gasteiger partial charge is 0.481 e. The van der Waals surface area contributed by atoms with Gasteiger partial charge in [0, 0.05) is 12.6 Å². The molecule has 2 atom stereocenters. The minimum Gasteiger partial charge on any atom is -0.481 e. The molecule has 0 aromatic heterocycles. The summed E-state index contributed by atoms with van der Waals surface area (Å²) < 4.78 is 30.6. The molecule has 2 fully saturated rings. The van der Waals surface area contributed by atoms with Crippen molar-refractivity contribution in [3.8, 4) is 0 Å². The maximum absolute atomic E-state index is 12.7. The van der Waals surface area contributed by atoms with Crippen LogP contribution in [0.2, 0.25) is 0 Å². The highest BCUT2D eigenvalue weighted by atomic mass is 32.2. The molecule has 1 N–H and O–H groups in total. The Morgan fingerprint density at radius 3 is 2.62 bits per heavy atom. The normalized spacial score (nSPS) is 28.5. The smallest absolute Gasteiger partial charge is 0.307 e. The molecule has 2 unspecified atom stereocenters. The third-order valence-corrected chi connectivity index (χ3v) is 6.89. The van der Waals surface area contributed by atoms with Crippen LogP contribution in [0.3, 0.4) is 0 Å². The maximum atomic E-state index is 12.7. The average molecular weight is 319 g/mol. The van der Waals surface area contributed by atoms with Gasteiger partial charge in [-0.1, -0.05) is 6.92 Å². The van der Waals surface area contributed by atoms with E-state index in [1.165, 1.54) is 4.90 Å². The highest BCUT2D eigenvalue weighted by Gasteiger charge is 2.61. The van der Waals surface area contributed by atoms with Crippen LogP contribution in [0.25, 0.3) is 0 Å². The van der Waals surface area contributed by atoms with E-state index in [1.54, 1.807) is 0 Å². The van der Waals surface area contributed by atoms with E-state index >= 15 is 0 Å². The molecule has 2 rings (SSSR count). The van der Waals surface area contributed by atoms with E-state index in [4.69, 9.17) is 9.84 Å². The van der Waals surface area contributed by atoms with E-state index in [-0.39, 0.29) is 19.2 Å². The third kappa shape index (κ3) is 2.66.